The number of nitrogen functional groups attached to an aromatic ring is 1. The fourth-order valence-corrected chi connectivity index (χ4v) is 4.53. The smallest absolute Gasteiger partial charge is 0.185 e. The maximum atomic E-state index is 12.2. The average molecular weight is 330 g/mol. The SMILES string of the molecule is CCCS(=O)(=O)c1c(N)nsc1NCCCc1ncn[nH]1. The Morgan fingerprint density at radius 1 is 1.48 bits per heavy atom. The Kier molecular flexibility index (Phi) is 5.12. The number of aryl methyl sites for hydroxylation is 1. The van der Waals surface area contributed by atoms with Crippen molar-refractivity contribution < 1.29 is 8.42 Å². The summed E-state index contributed by atoms with van der Waals surface area (Å²) in [7, 11) is -3.38. The van der Waals surface area contributed by atoms with Gasteiger partial charge < -0.3 is 11.1 Å². The van der Waals surface area contributed by atoms with Gasteiger partial charge in [0.25, 0.3) is 0 Å². The van der Waals surface area contributed by atoms with Crippen LogP contribution < -0.4 is 11.1 Å². The van der Waals surface area contributed by atoms with Crippen LogP contribution in [-0.4, -0.2) is 40.3 Å². The molecular weight excluding hydrogens is 312 g/mol. The van der Waals surface area contributed by atoms with Crippen LogP contribution in [0.1, 0.15) is 25.6 Å². The first-order chi connectivity index (χ1) is 10.0. The maximum Gasteiger partial charge on any atom is 0.185 e. The van der Waals surface area contributed by atoms with Gasteiger partial charge in [-0.3, -0.25) is 5.10 Å². The Labute approximate surface area is 127 Å². The molecule has 0 aliphatic carbocycles. The Morgan fingerprint density at radius 2 is 2.29 bits per heavy atom. The molecule has 0 bridgehead atoms. The van der Waals surface area contributed by atoms with E-state index >= 15 is 0 Å². The van der Waals surface area contributed by atoms with Gasteiger partial charge in [0.05, 0.1) is 5.75 Å². The second kappa shape index (κ2) is 6.85. The van der Waals surface area contributed by atoms with Crippen LogP contribution >= 0.6 is 11.5 Å². The van der Waals surface area contributed by atoms with E-state index in [0.29, 0.717) is 18.0 Å². The summed E-state index contributed by atoms with van der Waals surface area (Å²) in [5, 5.41) is 10.2. The topological polar surface area (TPSA) is 127 Å². The second-order valence-corrected chi connectivity index (χ2v) is 7.33. The van der Waals surface area contributed by atoms with Gasteiger partial charge >= 0.3 is 0 Å². The van der Waals surface area contributed by atoms with Gasteiger partial charge in [-0.1, -0.05) is 6.92 Å². The van der Waals surface area contributed by atoms with Crippen molar-refractivity contribution in [2.75, 3.05) is 23.3 Å². The van der Waals surface area contributed by atoms with Crippen molar-refractivity contribution >= 4 is 32.2 Å². The molecule has 0 aliphatic heterocycles. The van der Waals surface area contributed by atoms with Crippen LogP contribution in [0.2, 0.25) is 0 Å². The molecule has 2 aromatic rings. The Bertz CT molecular complexity index is 665. The van der Waals surface area contributed by atoms with Crippen molar-refractivity contribution in [2.24, 2.45) is 0 Å². The van der Waals surface area contributed by atoms with Gasteiger partial charge in [0, 0.05) is 13.0 Å². The number of anilines is 2. The molecule has 10 heteroatoms. The van der Waals surface area contributed by atoms with Gasteiger partial charge in [-0.05, 0) is 24.4 Å². The minimum atomic E-state index is -3.38. The highest BCUT2D eigenvalue weighted by Gasteiger charge is 2.24. The van der Waals surface area contributed by atoms with Crippen molar-refractivity contribution in [3.63, 3.8) is 0 Å². The fraction of sp³-hybridized carbons (Fsp3) is 0.545. The molecule has 0 radical (unpaired) electrons. The summed E-state index contributed by atoms with van der Waals surface area (Å²) < 4.78 is 28.3. The van der Waals surface area contributed by atoms with Crippen LogP contribution in [0.25, 0.3) is 0 Å². The van der Waals surface area contributed by atoms with E-state index in [0.717, 1.165) is 30.2 Å². The number of nitrogens with one attached hydrogen (secondary N) is 2. The highest BCUT2D eigenvalue weighted by Crippen LogP contribution is 2.32. The number of hydrogen-bond acceptors (Lipinski definition) is 8. The van der Waals surface area contributed by atoms with Gasteiger partial charge in [-0.15, -0.1) is 0 Å². The van der Waals surface area contributed by atoms with E-state index in [1.165, 1.54) is 6.33 Å². The summed E-state index contributed by atoms with van der Waals surface area (Å²) in [4.78, 5) is 4.16. The lowest BCUT2D eigenvalue weighted by atomic mass is 10.3. The van der Waals surface area contributed by atoms with Crippen LogP contribution in [0.5, 0.6) is 0 Å². The molecule has 0 saturated heterocycles. The zero-order valence-electron chi connectivity index (χ0n) is 11.7. The standard InChI is InChI=1S/C11H18N6O2S2/c1-2-6-21(18,19)9-10(12)17-20-11(9)13-5-3-4-8-14-7-15-16-8/h7,13H,2-6H2,1H3,(H2,12,17)(H,14,15,16). The van der Waals surface area contributed by atoms with E-state index in [9.17, 15) is 8.42 Å². The Balaban J connectivity index is 1.98. The molecule has 0 unspecified atom stereocenters. The molecule has 0 saturated carbocycles. The predicted octanol–water partition coefficient (Wildman–Crippen LogP) is 1.07. The van der Waals surface area contributed by atoms with Gasteiger partial charge in [0.2, 0.25) is 0 Å². The lowest BCUT2D eigenvalue weighted by Gasteiger charge is -2.07. The molecule has 2 aromatic heterocycles. The van der Waals surface area contributed by atoms with E-state index in [1.807, 2.05) is 6.92 Å². The normalized spacial score (nSPS) is 11.7. The quantitative estimate of drug-likeness (QED) is 0.618. The van der Waals surface area contributed by atoms with E-state index in [1.54, 1.807) is 0 Å². The minimum absolute atomic E-state index is 0.0718. The molecule has 116 valence electrons. The number of H-pyrrole nitrogens is 1. The third kappa shape index (κ3) is 3.91. The number of aromatic amines is 1. The van der Waals surface area contributed by atoms with Crippen molar-refractivity contribution in [3.05, 3.63) is 12.2 Å². The molecule has 4 N–H and O–H groups in total. The molecule has 2 rings (SSSR count). The number of aromatic nitrogens is 4. The molecule has 8 nitrogen and oxygen atoms in total. The molecular formula is C11H18N6O2S2. The molecule has 2 heterocycles. The fourth-order valence-electron chi connectivity index (χ4n) is 1.89. The highest BCUT2D eigenvalue weighted by atomic mass is 32.2. The third-order valence-electron chi connectivity index (χ3n) is 2.80. The van der Waals surface area contributed by atoms with E-state index < -0.39 is 9.84 Å². The van der Waals surface area contributed by atoms with Gasteiger partial charge in [-0.25, -0.2) is 13.4 Å². The number of hydrogen-bond donors (Lipinski definition) is 3. The molecule has 0 amide bonds. The van der Waals surface area contributed by atoms with Gasteiger partial charge in [-0.2, -0.15) is 9.47 Å². The molecule has 0 spiro atoms. The lowest BCUT2D eigenvalue weighted by molar-refractivity contribution is 0.595. The second-order valence-electron chi connectivity index (χ2n) is 4.51. The van der Waals surface area contributed by atoms with Crippen LogP contribution in [0, 0.1) is 0 Å². The Morgan fingerprint density at radius 3 is 2.95 bits per heavy atom. The van der Waals surface area contributed by atoms with Crippen molar-refractivity contribution in [2.45, 2.75) is 31.1 Å². The summed E-state index contributed by atoms with van der Waals surface area (Å²) in [5.74, 6) is 0.952. The van der Waals surface area contributed by atoms with E-state index in [-0.39, 0.29) is 16.5 Å². The minimum Gasteiger partial charge on any atom is -0.382 e. The monoisotopic (exact) mass is 330 g/mol. The molecule has 0 aromatic carbocycles. The van der Waals surface area contributed by atoms with Crippen LogP contribution in [-0.2, 0) is 16.3 Å². The zero-order valence-corrected chi connectivity index (χ0v) is 13.3. The van der Waals surface area contributed by atoms with Crippen LogP contribution in [0.4, 0.5) is 10.8 Å². The van der Waals surface area contributed by atoms with Crippen LogP contribution in [0.3, 0.4) is 0 Å². The predicted molar refractivity (Wildman–Crippen MR) is 82.1 cm³/mol. The van der Waals surface area contributed by atoms with Gasteiger partial charge in [0.1, 0.15) is 22.0 Å². The molecule has 0 aliphatic rings. The molecule has 21 heavy (non-hydrogen) atoms. The third-order valence-corrected chi connectivity index (χ3v) is 5.73. The zero-order chi connectivity index (χ0) is 15.3. The summed E-state index contributed by atoms with van der Waals surface area (Å²) in [6.45, 7) is 2.43. The average Bonchev–Trinajstić information content (AvgIpc) is 3.04. The summed E-state index contributed by atoms with van der Waals surface area (Å²) in [5.41, 5.74) is 5.70. The Hall–Kier alpha value is -1.68. The largest absolute Gasteiger partial charge is 0.382 e. The lowest BCUT2D eigenvalue weighted by Crippen LogP contribution is -2.11. The summed E-state index contributed by atoms with van der Waals surface area (Å²) in [6.07, 6.45) is 3.53. The van der Waals surface area contributed by atoms with E-state index in [4.69, 9.17) is 5.73 Å². The number of nitrogens with two attached hydrogens (primary N) is 1. The van der Waals surface area contributed by atoms with E-state index in [2.05, 4.69) is 24.9 Å². The number of rotatable bonds is 8. The first-order valence-corrected chi connectivity index (χ1v) is 9.03. The van der Waals surface area contributed by atoms with Gasteiger partial charge in [0.15, 0.2) is 15.7 Å². The first kappa shape index (κ1) is 15.7. The van der Waals surface area contributed by atoms with Crippen molar-refractivity contribution in [1.82, 2.24) is 19.6 Å². The van der Waals surface area contributed by atoms with Crippen LogP contribution in [0.15, 0.2) is 11.2 Å². The highest BCUT2D eigenvalue weighted by molar-refractivity contribution is 7.91. The van der Waals surface area contributed by atoms with Crippen molar-refractivity contribution in [1.29, 1.82) is 0 Å². The summed E-state index contributed by atoms with van der Waals surface area (Å²) >= 11 is 1.08. The maximum absolute atomic E-state index is 12.2. The first-order valence-electron chi connectivity index (χ1n) is 6.60. The number of nitrogens with zero attached hydrogens (tertiary/aromatic N) is 3. The molecule has 0 atom stereocenters. The molecule has 0 fully saturated rings. The number of sulfone groups is 1. The summed E-state index contributed by atoms with van der Waals surface area (Å²) in [6, 6.07) is 0. The van der Waals surface area contributed by atoms with Crippen molar-refractivity contribution in [3.8, 4) is 0 Å².